The number of benzene rings is 2. The Bertz CT molecular complexity index is 950. The molecule has 0 bridgehead atoms. The first-order valence-corrected chi connectivity index (χ1v) is 10.1. The minimum absolute atomic E-state index is 0.0347. The molecule has 1 aliphatic heterocycles. The minimum Gasteiger partial charge on any atom is -0.495 e. The summed E-state index contributed by atoms with van der Waals surface area (Å²) in [6.45, 7) is 3.13. The number of nitrogens with zero attached hydrogens (tertiary/aromatic N) is 1. The third kappa shape index (κ3) is 6.05. The number of amides is 1. The van der Waals surface area contributed by atoms with Crippen molar-refractivity contribution >= 4 is 23.5 Å². The van der Waals surface area contributed by atoms with Gasteiger partial charge < -0.3 is 19.5 Å². The summed E-state index contributed by atoms with van der Waals surface area (Å²) in [5.41, 5.74) is 2.48. The number of aliphatic imine (C=N–C) groups is 1. The number of methoxy groups -OCH3 is 2. The van der Waals surface area contributed by atoms with Gasteiger partial charge in [0, 0.05) is 12.2 Å². The van der Waals surface area contributed by atoms with E-state index in [1.165, 1.54) is 7.11 Å². The van der Waals surface area contributed by atoms with E-state index in [1.54, 1.807) is 31.4 Å². The molecule has 8 nitrogen and oxygen atoms in total. The van der Waals surface area contributed by atoms with Gasteiger partial charge in [0.15, 0.2) is 0 Å². The first-order chi connectivity index (χ1) is 15.0. The van der Waals surface area contributed by atoms with Crippen molar-refractivity contribution in [1.29, 1.82) is 0 Å². The predicted molar refractivity (Wildman–Crippen MR) is 118 cm³/mol. The van der Waals surface area contributed by atoms with Crippen LogP contribution in [-0.4, -0.2) is 51.3 Å². The molecule has 1 atom stereocenters. The number of aryl methyl sites for hydroxylation is 1. The van der Waals surface area contributed by atoms with Crippen molar-refractivity contribution in [2.45, 2.75) is 25.9 Å². The molecule has 0 radical (unpaired) electrons. The van der Waals surface area contributed by atoms with Gasteiger partial charge in [-0.05, 0) is 61.7 Å². The Morgan fingerprint density at radius 2 is 1.87 bits per heavy atom. The monoisotopic (exact) mass is 425 g/mol. The summed E-state index contributed by atoms with van der Waals surface area (Å²) in [5, 5.41) is 5.98. The van der Waals surface area contributed by atoms with Gasteiger partial charge in [0.05, 0.1) is 38.1 Å². The largest absolute Gasteiger partial charge is 0.495 e. The number of anilines is 1. The zero-order valence-electron chi connectivity index (χ0n) is 17.9. The van der Waals surface area contributed by atoms with Crippen LogP contribution in [0.1, 0.15) is 39.1 Å². The van der Waals surface area contributed by atoms with E-state index in [0.717, 1.165) is 25.0 Å². The Hall–Kier alpha value is -3.39. The second-order valence-electron chi connectivity index (χ2n) is 7.18. The summed E-state index contributed by atoms with van der Waals surface area (Å²) in [4.78, 5) is 29.0. The van der Waals surface area contributed by atoms with Crippen molar-refractivity contribution in [2.24, 2.45) is 4.99 Å². The second-order valence-corrected chi connectivity index (χ2v) is 7.18. The zero-order chi connectivity index (χ0) is 22.2. The van der Waals surface area contributed by atoms with Crippen LogP contribution in [0.25, 0.3) is 0 Å². The van der Waals surface area contributed by atoms with E-state index in [1.807, 2.05) is 25.1 Å². The normalized spacial score (nSPS) is 16.0. The van der Waals surface area contributed by atoms with Crippen molar-refractivity contribution in [2.75, 3.05) is 32.7 Å². The van der Waals surface area contributed by atoms with Gasteiger partial charge in [0.25, 0.3) is 5.91 Å². The molecule has 31 heavy (non-hydrogen) atoms. The lowest BCUT2D eigenvalue weighted by Crippen LogP contribution is -2.37. The zero-order valence-corrected chi connectivity index (χ0v) is 17.9. The molecule has 0 spiro atoms. The van der Waals surface area contributed by atoms with E-state index >= 15 is 0 Å². The van der Waals surface area contributed by atoms with Gasteiger partial charge in [-0.1, -0.05) is 6.07 Å². The molecule has 164 valence electrons. The van der Waals surface area contributed by atoms with Crippen LogP contribution >= 0.6 is 0 Å². The number of hydrogen-bond donors (Lipinski definition) is 2. The average molecular weight is 425 g/mol. The Labute approximate surface area is 181 Å². The molecule has 0 aromatic heterocycles. The van der Waals surface area contributed by atoms with Crippen molar-refractivity contribution in [3.8, 4) is 5.75 Å². The Kier molecular flexibility index (Phi) is 7.61. The summed E-state index contributed by atoms with van der Waals surface area (Å²) in [7, 11) is 2.89. The molecular weight excluding hydrogens is 398 g/mol. The summed E-state index contributed by atoms with van der Waals surface area (Å²) in [6, 6.07) is 11.9. The molecule has 2 aromatic carbocycles. The Balaban J connectivity index is 1.79. The fourth-order valence-corrected chi connectivity index (χ4v) is 3.19. The number of guanidine groups is 1. The van der Waals surface area contributed by atoms with E-state index in [9.17, 15) is 9.59 Å². The molecule has 3 rings (SSSR count). The van der Waals surface area contributed by atoms with Crippen LogP contribution in [-0.2, 0) is 9.47 Å². The molecule has 1 fully saturated rings. The maximum Gasteiger partial charge on any atom is 0.337 e. The van der Waals surface area contributed by atoms with Crippen LogP contribution in [0.4, 0.5) is 5.69 Å². The standard InChI is InChI=1S/C23H27N3O5/c1-15-6-11-20(29-2)19(13-15)25-23(24-14-18-5-4-12-31-18)26-21(27)16-7-9-17(10-8-16)22(28)30-3/h6-11,13,18H,4-5,12,14H2,1-3H3,(H2,24,25,26,27). The first-order valence-electron chi connectivity index (χ1n) is 10.1. The van der Waals surface area contributed by atoms with Gasteiger partial charge in [-0.25, -0.2) is 9.79 Å². The molecule has 1 heterocycles. The van der Waals surface area contributed by atoms with Crippen LogP contribution in [0, 0.1) is 6.92 Å². The molecule has 2 aromatic rings. The number of carbonyl (C=O) groups excluding carboxylic acids is 2. The molecular formula is C23H27N3O5. The number of carbonyl (C=O) groups is 2. The summed E-state index contributed by atoms with van der Waals surface area (Å²) in [6.07, 6.45) is 1.98. The fraction of sp³-hybridized carbons (Fsp3) is 0.348. The van der Waals surface area contributed by atoms with Crippen molar-refractivity contribution in [1.82, 2.24) is 5.32 Å². The van der Waals surface area contributed by atoms with E-state index in [2.05, 4.69) is 20.4 Å². The molecule has 0 saturated carbocycles. The molecule has 0 aliphatic carbocycles. The molecule has 1 aliphatic rings. The van der Waals surface area contributed by atoms with Crippen LogP contribution < -0.4 is 15.4 Å². The lowest BCUT2D eigenvalue weighted by Gasteiger charge is -2.16. The van der Waals surface area contributed by atoms with Gasteiger partial charge in [0.1, 0.15) is 5.75 Å². The molecule has 1 amide bonds. The molecule has 2 N–H and O–H groups in total. The second kappa shape index (κ2) is 10.6. The third-order valence-corrected chi connectivity index (χ3v) is 4.89. The number of rotatable bonds is 6. The number of nitrogens with one attached hydrogen (secondary N) is 2. The van der Waals surface area contributed by atoms with Crippen LogP contribution in [0.15, 0.2) is 47.5 Å². The van der Waals surface area contributed by atoms with Crippen LogP contribution in [0.5, 0.6) is 5.75 Å². The van der Waals surface area contributed by atoms with E-state index in [0.29, 0.717) is 35.1 Å². The summed E-state index contributed by atoms with van der Waals surface area (Å²) < 4.78 is 15.7. The van der Waals surface area contributed by atoms with E-state index in [4.69, 9.17) is 9.47 Å². The van der Waals surface area contributed by atoms with E-state index < -0.39 is 5.97 Å². The lowest BCUT2D eigenvalue weighted by atomic mass is 10.1. The number of ether oxygens (including phenoxy) is 3. The minimum atomic E-state index is -0.459. The highest BCUT2D eigenvalue weighted by molar-refractivity contribution is 6.10. The van der Waals surface area contributed by atoms with Crippen LogP contribution in [0.2, 0.25) is 0 Å². The third-order valence-electron chi connectivity index (χ3n) is 4.89. The SMILES string of the molecule is COC(=O)c1ccc(C(=O)NC(=NCC2CCCO2)Nc2cc(C)ccc2OC)cc1. The fourth-order valence-electron chi connectivity index (χ4n) is 3.19. The van der Waals surface area contributed by atoms with Gasteiger partial charge in [-0.2, -0.15) is 0 Å². The van der Waals surface area contributed by atoms with Crippen LogP contribution in [0.3, 0.4) is 0 Å². The van der Waals surface area contributed by atoms with Gasteiger partial charge in [-0.3, -0.25) is 10.1 Å². The molecule has 1 saturated heterocycles. The maximum atomic E-state index is 12.8. The highest BCUT2D eigenvalue weighted by Crippen LogP contribution is 2.25. The first kappa shape index (κ1) is 22.3. The maximum absolute atomic E-state index is 12.8. The number of hydrogen-bond acceptors (Lipinski definition) is 6. The topological polar surface area (TPSA) is 98.3 Å². The van der Waals surface area contributed by atoms with Crippen molar-refractivity contribution < 1.29 is 23.8 Å². The van der Waals surface area contributed by atoms with E-state index in [-0.39, 0.29) is 12.0 Å². The average Bonchev–Trinajstić information content (AvgIpc) is 3.31. The Morgan fingerprint density at radius 3 is 2.52 bits per heavy atom. The molecule has 1 unspecified atom stereocenters. The Morgan fingerprint density at radius 1 is 1.13 bits per heavy atom. The molecule has 8 heteroatoms. The van der Waals surface area contributed by atoms with Gasteiger partial charge in [-0.15, -0.1) is 0 Å². The quantitative estimate of drug-likeness (QED) is 0.419. The smallest absolute Gasteiger partial charge is 0.337 e. The highest BCUT2D eigenvalue weighted by atomic mass is 16.5. The van der Waals surface area contributed by atoms with Crippen molar-refractivity contribution in [3.05, 3.63) is 59.2 Å². The van der Waals surface area contributed by atoms with Crippen molar-refractivity contribution in [3.63, 3.8) is 0 Å². The summed E-state index contributed by atoms with van der Waals surface area (Å²) in [5.74, 6) is 0.106. The highest BCUT2D eigenvalue weighted by Gasteiger charge is 2.17. The number of esters is 1. The summed E-state index contributed by atoms with van der Waals surface area (Å²) >= 11 is 0. The predicted octanol–water partition coefficient (Wildman–Crippen LogP) is 3.17. The van der Waals surface area contributed by atoms with Gasteiger partial charge >= 0.3 is 5.97 Å². The lowest BCUT2D eigenvalue weighted by molar-refractivity contribution is 0.0600. The van der Waals surface area contributed by atoms with Gasteiger partial charge in [0.2, 0.25) is 5.96 Å².